The van der Waals surface area contributed by atoms with Crippen molar-refractivity contribution in [2.45, 2.75) is 19.0 Å². The van der Waals surface area contributed by atoms with Gasteiger partial charge in [-0.05, 0) is 24.1 Å². The Balaban J connectivity index is 2.52. The number of benzene rings is 1. The zero-order chi connectivity index (χ0) is 18.2. The Labute approximate surface area is 137 Å². The maximum atomic E-state index is 12.9. The largest absolute Gasteiger partial charge is 0.390 e. The van der Waals surface area contributed by atoms with Crippen LogP contribution in [-0.4, -0.2) is 38.2 Å². The third-order valence-corrected chi connectivity index (χ3v) is 3.24. The molecule has 0 aromatic heterocycles. The predicted molar refractivity (Wildman–Crippen MR) is 82.8 cm³/mol. The number of primary amides is 1. The summed E-state index contributed by atoms with van der Waals surface area (Å²) in [5.41, 5.74) is 6.06. The highest BCUT2D eigenvalue weighted by atomic mass is 19.4. The molecule has 1 atom stereocenters. The number of halogens is 4. The van der Waals surface area contributed by atoms with Crippen molar-refractivity contribution >= 4 is 11.9 Å². The number of hydrogen-bond acceptors (Lipinski definition) is 2. The fourth-order valence-electron chi connectivity index (χ4n) is 1.94. The van der Waals surface area contributed by atoms with E-state index in [0.29, 0.717) is 0 Å². The predicted octanol–water partition coefficient (Wildman–Crippen LogP) is 1.59. The summed E-state index contributed by atoms with van der Waals surface area (Å²) >= 11 is 0. The van der Waals surface area contributed by atoms with Gasteiger partial charge in [0.15, 0.2) is 5.96 Å². The van der Waals surface area contributed by atoms with Crippen LogP contribution < -0.4 is 16.4 Å². The summed E-state index contributed by atoms with van der Waals surface area (Å²) in [5, 5.41) is 5.27. The Hall–Kier alpha value is -2.32. The lowest BCUT2D eigenvalue weighted by molar-refractivity contribution is -0.132. The average Bonchev–Trinajstić information content (AvgIpc) is 2.49. The first-order valence-corrected chi connectivity index (χ1v) is 7.26. The number of alkyl halides is 3. The number of nitrogens with zero attached hydrogens (tertiary/aromatic N) is 1. The lowest BCUT2D eigenvalue weighted by Crippen LogP contribution is -2.43. The molecule has 1 unspecified atom stereocenters. The van der Waals surface area contributed by atoms with Gasteiger partial charge < -0.3 is 16.4 Å². The number of carbonyl (C=O) groups excluding carboxylic acids is 1. The normalized spacial score (nSPS) is 13.5. The second kappa shape index (κ2) is 9.09. The number of rotatable bonds is 7. The molecule has 0 fully saturated rings. The minimum atomic E-state index is -4.26. The molecule has 0 bridgehead atoms. The topological polar surface area (TPSA) is 79.5 Å². The van der Waals surface area contributed by atoms with Gasteiger partial charge in [0.05, 0.1) is 12.3 Å². The smallest absolute Gasteiger partial charge is 0.369 e. The molecule has 1 rings (SSSR count). The molecule has 0 saturated carbocycles. The number of amides is 1. The van der Waals surface area contributed by atoms with E-state index in [-0.39, 0.29) is 31.3 Å². The first kappa shape index (κ1) is 19.7. The third-order valence-electron chi connectivity index (χ3n) is 3.24. The molecule has 134 valence electrons. The first-order chi connectivity index (χ1) is 11.2. The van der Waals surface area contributed by atoms with Gasteiger partial charge in [-0.25, -0.2) is 4.39 Å². The molecule has 1 aromatic rings. The minimum absolute atomic E-state index is 0.0956. The summed E-state index contributed by atoms with van der Waals surface area (Å²) in [5.74, 6) is -1.43. The van der Waals surface area contributed by atoms with Crippen LogP contribution >= 0.6 is 0 Å². The van der Waals surface area contributed by atoms with E-state index in [0.717, 1.165) is 5.56 Å². The molecule has 0 aliphatic carbocycles. The Morgan fingerprint density at radius 1 is 1.25 bits per heavy atom. The molecule has 24 heavy (non-hydrogen) atoms. The van der Waals surface area contributed by atoms with Gasteiger partial charge >= 0.3 is 6.18 Å². The summed E-state index contributed by atoms with van der Waals surface area (Å²) in [6, 6.07) is 5.64. The van der Waals surface area contributed by atoms with Crippen LogP contribution in [0.15, 0.2) is 29.3 Å². The Bertz CT molecular complexity index is 558. The molecule has 0 aliphatic heterocycles. The van der Waals surface area contributed by atoms with Gasteiger partial charge in [0.2, 0.25) is 5.91 Å². The van der Waals surface area contributed by atoms with Crippen molar-refractivity contribution < 1.29 is 22.4 Å². The summed E-state index contributed by atoms with van der Waals surface area (Å²) in [6.45, 7) is -0.235. The van der Waals surface area contributed by atoms with Crippen molar-refractivity contribution in [1.82, 2.24) is 10.6 Å². The van der Waals surface area contributed by atoms with Crippen LogP contribution in [0.5, 0.6) is 0 Å². The van der Waals surface area contributed by atoms with E-state index < -0.39 is 24.4 Å². The van der Waals surface area contributed by atoms with E-state index in [9.17, 15) is 22.4 Å². The van der Waals surface area contributed by atoms with Gasteiger partial charge in [-0.3, -0.25) is 9.79 Å². The fourth-order valence-corrected chi connectivity index (χ4v) is 1.94. The molecule has 0 aliphatic rings. The maximum absolute atomic E-state index is 12.9. The van der Waals surface area contributed by atoms with Gasteiger partial charge in [0, 0.05) is 20.1 Å². The Morgan fingerprint density at radius 2 is 1.88 bits per heavy atom. The van der Waals surface area contributed by atoms with Gasteiger partial charge in [-0.2, -0.15) is 13.2 Å². The van der Waals surface area contributed by atoms with Crippen molar-refractivity contribution in [3.8, 4) is 0 Å². The highest BCUT2D eigenvalue weighted by molar-refractivity contribution is 5.81. The van der Waals surface area contributed by atoms with Crippen molar-refractivity contribution in [3.63, 3.8) is 0 Å². The van der Waals surface area contributed by atoms with E-state index in [1.807, 2.05) is 0 Å². The van der Waals surface area contributed by atoms with Crippen molar-refractivity contribution in [1.29, 1.82) is 0 Å². The molecule has 5 nitrogen and oxygen atoms in total. The molecule has 4 N–H and O–H groups in total. The van der Waals surface area contributed by atoms with E-state index >= 15 is 0 Å². The second-order valence-electron chi connectivity index (χ2n) is 5.17. The van der Waals surface area contributed by atoms with Gasteiger partial charge in [-0.1, -0.05) is 12.1 Å². The zero-order valence-electron chi connectivity index (χ0n) is 13.2. The average molecular weight is 348 g/mol. The number of nitrogens with one attached hydrogen (secondary N) is 2. The lowest BCUT2D eigenvalue weighted by Gasteiger charge is -2.17. The number of hydrogen-bond donors (Lipinski definition) is 3. The SMILES string of the molecule is CN=C(NCCC(F)(F)F)NCC(Cc1ccc(F)cc1)C(N)=O. The second-order valence-corrected chi connectivity index (χ2v) is 5.17. The highest BCUT2D eigenvalue weighted by Crippen LogP contribution is 2.18. The Kier molecular flexibility index (Phi) is 7.47. The first-order valence-electron chi connectivity index (χ1n) is 7.26. The summed E-state index contributed by atoms with van der Waals surface area (Å²) in [6.07, 6.45) is -4.98. The van der Waals surface area contributed by atoms with E-state index in [1.165, 1.54) is 19.2 Å². The molecule has 9 heteroatoms. The molecule has 0 saturated heterocycles. The summed E-state index contributed by atoms with van der Waals surface area (Å²) < 4.78 is 49.2. The van der Waals surface area contributed by atoms with E-state index in [2.05, 4.69) is 15.6 Å². The van der Waals surface area contributed by atoms with Crippen LogP contribution in [-0.2, 0) is 11.2 Å². The van der Waals surface area contributed by atoms with Crippen LogP contribution in [0.25, 0.3) is 0 Å². The Morgan fingerprint density at radius 3 is 2.38 bits per heavy atom. The van der Waals surface area contributed by atoms with Crippen molar-refractivity contribution in [3.05, 3.63) is 35.6 Å². The molecule has 1 amide bonds. The molecular formula is C15H20F4N4O. The maximum Gasteiger partial charge on any atom is 0.390 e. The molecule has 0 spiro atoms. The van der Waals surface area contributed by atoms with Gasteiger partial charge in [0.25, 0.3) is 0 Å². The number of nitrogens with two attached hydrogens (primary N) is 1. The number of guanidine groups is 1. The molecule has 0 heterocycles. The van der Waals surface area contributed by atoms with Gasteiger partial charge in [0.1, 0.15) is 5.82 Å². The lowest BCUT2D eigenvalue weighted by atomic mass is 9.98. The summed E-state index contributed by atoms with van der Waals surface area (Å²) in [7, 11) is 1.40. The number of aliphatic imine (C=N–C) groups is 1. The molecule has 1 aromatic carbocycles. The van der Waals surface area contributed by atoms with Crippen LogP contribution in [0.1, 0.15) is 12.0 Å². The summed E-state index contributed by atoms with van der Waals surface area (Å²) in [4.78, 5) is 15.3. The van der Waals surface area contributed by atoms with Crippen LogP contribution in [0.3, 0.4) is 0 Å². The van der Waals surface area contributed by atoms with Crippen LogP contribution in [0, 0.1) is 11.7 Å². The molecule has 0 radical (unpaired) electrons. The van der Waals surface area contributed by atoms with Crippen molar-refractivity contribution in [2.24, 2.45) is 16.6 Å². The fraction of sp³-hybridized carbons (Fsp3) is 0.467. The highest BCUT2D eigenvalue weighted by Gasteiger charge is 2.26. The van der Waals surface area contributed by atoms with E-state index in [1.54, 1.807) is 12.1 Å². The standard InChI is InChI=1S/C15H20F4N4O/c1-21-14(22-7-6-15(17,18)19)23-9-11(13(20)24)8-10-2-4-12(16)5-3-10/h2-5,11H,6-9H2,1H3,(H2,20,24)(H2,21,22,23). The monoisotopic (exact) mass is 348 g/mol. The third kappa shape index (κ3) is 7.80. The van der Waals surface area contributed by atoms with Crippen molar-refractivity contribution in [2.75, 3.05) is 20.1 Å². The minimum Gasteiger partial charge on any atom is -0.369 e. The quantitative estimate of drug-likeness (QED) is 0.398. The zero-order valence-corrected chi connectivity index (χ0v) is 13.2. The number of carbonyl (C=O) groups is 1. The van der Waals surface area contributed by atoms with Gasteiger partial charge in [-0.15, -0.1) is 0 Å². The van der Waals surface area contributed by atoms with Crippen LogP contribution in [0.4, 0.5) is 17.6 Å². The van der Waals surface area contributed by atoms with E-state index in [4.69, 9.17) is 5.73 Å². The van der Waals surface area contributed by atoms with Crippen LogP contribution in [0.2, 0.25) is 0 Å². The molecular weight excluding hydrogens is 328 g/mol.